The quantitative estimate of drug-likeness (QED) is 0.287. The summed E-state index contributed by atoms with van der Waals surface area (Å²) >= 11 is 8.80. The minimum absolute atomic E-state index is 0. The normalized spacial score (nSPS) is 11.2. The molecule has 1 aliphatic heterocycles. The summed E-state index contributed by atoms with van der Waals surface area (Å²) in [6, 6.07) is 0. The Morgan fingerprint density at radius 3 is 1.92 bits per heavy atom. The molecule has 0 fully saturated rings. The van der Waals surface area contributed by atoms with Gasteiger partial charge in [-0.3, -0.25) is 0 Å². The summed E-state index contributed by atoms with van der Waals surface area (Å²) in [5.41, 5.74) is 0. The van der Waals surface area contributed by atoms with Gasteiger partial charge in [-0.05, 0) is 12.2 Å². The van der Waals surface area contributed by atoms with Crippen molar-refractivity contribution in [2.24, 2.45) is 0 Å². The summed E-state index contributed by atoms with van der Waals surface area (Å²) in [5, 5.41) is 5.50. The maximum atomic E-state index is 4.40. The summed E-state index contributed by atoms with van der Waals surface area (Å²) < 4.78 is 0.421. The number of thiocarbonyl (C=S) groups is 1. The van der Waals surface area contributed by atoms with Crippen molar-refractivity contribution in [1.82, 2.24) is 10.6 Å². The van der Waals surface area contributed by atoms with Gasteiger partial charge < -0.3 is 35.5 Å². The van der Waals surface area contributed by atoms with E-state index >= 15 is 0 Å². The van der Waals surface area contributed by atoms with Gasteiger partial charge in [-0.25, -0.2) is 0 Å². The second kappa shape index (κ2) is 12.1. The molecule has 0 saturated carbocycles. The first kappa shape index (κ1) is 15.6. The fourth-order valence-corrected chi connectivity index (χ4v) is 0.406. The van der Waals surface area contributed by atoms with Gasteiger partial charge in [0.15, 0.2) is 0 Å². The molecule has 5 heteroatoms. The maximum Gasteiger partial charge on any atom is 1.00 e. The Balaban J connectivity index is 0. The van der Waals surface area contributed by atoms with E-state index in [9.17, 15) is 0 Å². The Labute approximate surface area is 112 Å². The third kappa shape index (κ3) is 14.9. The first-order valence-corrected chi connectivity index (χ1v) is 4.22. The third-order valence-electron chi connectivity index (χ3n) is 0.922. The molecule has 0 saturated heterocycles. The van der Waals surface area contributed by atoms with Gasteiger partial charge in [-0.15, -0.1) is 0 Å². The van der Waals surface area contributed by atoms with Gasteiger partial charge in [-0.2, -0.15) is 0 Å². The van der Waals surface area contributed by atoms with E-state index in [4.69, 9.17) is 0 Å². The molecule has 0 atom stereocenters. The van der Waals surface area contributed by atoms with Crippen molar-refractivity contribution in [2.45, 2.75) is 0 Å². The standard InChI is InChI=1S/C6H7N.C2H5NS2.Na/c1-2-4-6-7-5-3-1;1-3-2(4)5;/h1-7H;1H3,(H2,3,4,5);/q;;+1/p-1. The van der Waals surface area contributed by atoms with Crippen molar-refractivity contribution in [2.75, 3.05) is 7.05 Å². The molecule has 1 heterocycles. The average molecular weight is 222 g/mol. The molecule has 2 nitrogen and oxygen atoms in total. The molecule has 0 radical (unpaired) electrons. The van der Waals surface area contributed by atoms with Crippen LogP contribution in [0.4, 0.5) is 0 Å². The van der Waals surface area contributed by atoms with Crippen molar-refractivity contribution in [3.8, 4) is 0 Å². The molecule has 0 aromatic rings. The minimum atomic E-state index is 0. The summed E-state index contributed by atoms with van der Waals surface area (Å²) in [7, 11) is 1.70. The van der Waals surface area contributed by atoms with Crippen molar-refractivity contribution >= 4 is 29.2 Å². The second-order valence-electron chi connectivity index (χ2n) is 1.81. The largest absolute Gasteiger partial charge is 1.00 e. The van der Waals surface area contributed by atoms with E-state index in [-0.39, 0.29) is 29.6 Å². The van der Waals surface area contributed by atoms with Gasteiger partial charge in [0, 0.05) is 19.4 Å². The van der Waals surface area contributed by atoms with Crippen LogP contribution in [0.2, 0.25) is 0 Å². The van der Waals surface area contributed by atoms with Gasteiger partial charge in [0.25, 0.3) is 0 Å². The van der Waals surface area contributed by atoms with Crippen LogP contribution in [0.25, 0.3) is 0 Å². The zero-order chi connectivity index (χ0) is 9.23. The Bertz CT molecular complexity index is 198. The van der Waals surface area contributed by atoms with E-state index in [1.54, 1.807) is 7.05 Å². The summed E-state index contributed by atoms with van der Waals surface area (Å²) in [6.45, 7) is 0. The van der Waals surface area contributed by atoms with Gasteiger partial charge in [0.1, 0.15) is 0 Å². The molecule has 0 aliphatic carbocycles. The predicted molar refractivity (Wildman–Crippen MR) is 59.6 cm³/mol. The topological polar surface area (TPSA) is 24.1 Å². The van der Waals surface area contributed by atoms with E-state index in [1.165, 1.54) is 0 Å². The number of rotatable bonds is 0. The third-order valence-corrected chi connectivity index (χ3v) is 1.33. The molecule has 0 spiro atoms. The predicted octanol–water partition coefficient (Wildman–Crippen LogP) is -1.79. The number of nitrogens with one attached hydrogen (secondary N) is 2. The first-order chi connectivity index (χ1) is 5.77. The van der Waals surface area contributed by atoms with E-state index in [0.29, 0.717) is 4.32 Å². The van der Waals surface area contributed by atoms with Crippen LogP contribution < -0.4 is 40.2 Å². The van der Waals surface area contributed by atoms with Gasteiger partial charge in [0.2, 0.25) is 0 Å². The van der Waals surface area contributed by atoms with Crippen molar-refractivity contribution in [3.05, 3.63) is 36.7 Å². The van der Waals surface area contributed by atoms with Crippen molar-refractivity contribution < 1.29 is 29.6 Å². The maximum absolute atomic E-state index is 4.40. The molecule has 1 aliphatic rings. The Morgan fingerprint density at radius 2 is 1.62 bits per heavy atom. The van der Waals surface area contributed by atoms with Crippen LogP contribution in [0.1, 0.15) is 0 Å². The van der Waals surface area contributed by atoms with Crippen LogP contribution >= 0.6 is 12.2 Å². The molecular formula is C8H11N2NaS2. The number of allylic oxidation sites excluding steroid dienone is 4. The zero-order valence-electron chi connectivity index (χ0n) is 7.78. The van der Waals surface area contributed by atoms with Crippen LogP contribution in [0.5, 0.6) is 0 Å². The molecule has 0 unspecified atom stereocenters. The van der Waals surface area contributed by atoms with Gasteiger partial charge in [0.05, 0.1) is 0 Å². The fourth-order valence-electron chi connectivity index (χ4n) is 0.406. The molecule has 0 aromatic heterocycles. The number of hydrogen-bond acceptors (Lipinski definition) is 3. The van der Waals surface area contributed by atoms with Crippen molar-refractivity contribution in [3.63, 3.8) is 0 Å². The summed E-state index contributed by atoms with van der Waals surface area (Å²) in [6.07, 6.45) is 11.6. The first-order valence-electron chi connectivity index (χ1n) is 3.40. The van der Waals surface area contributed by atoms with Crippen LogP contribution in [0.3, 0.4) is 0 Å². The van der Waals surface area contributed by atoms with Crippen LogP contribution in [-0.2, 0) is 12.6 Å². The Kier molecular flexibility index (Phi) is 14.6. The van der Waals surface area contributed by atoms with Gasteiger partial charge in [-0.1, -0.05) is 16.5 Å². The molecular weight excluding hydrogens is 211 g/mol. The molecule has 0 amide bonds. The molecule has 0 bridgehead atoms. The summed E-state index contributed by atoms with van der Waals surface area (Å²) in [5.74, 6) is 0. The van der Waals surface area contributed by atoms with E-state index in [0.717, 1.165) is 0 Å². The van der Waals surface area contributed by atoms with Crippen LogP contribution in [0.15, 0.2) is 36.7 Å². The van der Waals surface area contributed by atoms with E-state index in [2.05, 4.69) is 35.5 Å². The zero-order valence-corrected chi connectivity index (χ0v) is 11.4. The summed E-state index contributed by atoms with van der Waals surface area (Å²) in [4.78, 5) is 0. The van der Waals surface area contributed by atoms with Gasteiger partial charge >= 0.3 is 29.6 Å². The Morgan fingerprint density at radius 1 is 1.23 bits per heavy atom. The molecule has 0 aromatic carbocycles. The van der Waals surface area contributed by atoms with Crippen LogP contribution in [0, 0.1) is 0 Å². The molecule has 13 heavy (non-hydrogen) atoms. The van der Waals surface area contributed by atoms with Crippen molar-refractivity contribution in [1.29, 1.82) is 0 Å². The smallest absolute Gasteiger partial charge is 0.412 e. The monoisotopic (exact) mass is 222 g/mol. The second-order valence-corrected chi connectivity index (χ2v) is 2.88. The SMILES string of the molecule is C1=CC=CNC=C1.CNC(=S)[S-].[Na+]. The molecule has 2 N–H and O–H groups in total. The van der Waals surface area contributed by atoms with E-state index in [1.807, 2.05) is 36.7 Å². The van der Waals surface area contributed by atoms with E-state index < -0.39 is 0 Å². The molecule has 1 rings (SSSR count). The fraction of sp³-hybridized carbons (Fsp3) is 0.125. The molecule has 66 valence electrons. The number of hydrogen-bond donors (Lipinski definition) is 2. The van der Waals surface area contributed by atoms with Crippen LogP contribution in [-0.4, -0.2) is 11.4 Å². The Hall–Kier alpha value is 0.130. The minimum Gasteiger partial charge on any atom is -0.412 e. The average Bonchev–Trinajstić information content (AvgIpc) is 2.35.